The van der Waals surface area contributed by atoms with E-state index in [2.05, 4.69) is 5.32 Å². The van der Waals surface area contributed by atoms with Crippen LogP contribution in [0.25, 0.3) is 0 Å². The Labute approximate surface area is 154 Å². The van der Waals surface area contributed by atoms with Crippen LogP contribution < -0.4 is 5.32 Å². The lowest BCUT2D eigenvalue weighted by Crippen LogP contribution is -2.28. The molecular weight excluding hydrogens is 352 g/mol. The number of rotatable bonds is 5. The maximum absolute atomic E-state index is 12.5. The van der Waals surface area contributed by atoms with Gasteiger partial charge in [0.1, 0.15) is 11.5 Å². The van der Waals surface area contributed by atoms with Gasteiger partial charge in [-0.2, -0.15) is 4.31 Å². The highest BCUT2D eigenvalue weighted by Gasteiger charge is 2.27. The normalized spacial score (nSPS) is 15.3. The molecule has 1 aliphatic heterocycles. The number of sulfonamides is 1. The number of carbonyl (C=O) groups excluding carboxylic acids is 1. The van der Waals surface area contributed by atoms with E-state index >= 15 is 0 Å². The van der Waals surface area contributed by atoms with Crippen molar-refractivity contribution < 1.29 is 17.6 Å². The van der Waals surface area contributed by atoms with Gasteiger partial charge in [-0.1, -0.05) is 12.1 Å². The Balaban J connectivity index is 1.67. The van der Waals surface area contributed by atoms with Crippen LogP contribution >= 0.6 is 0 Å². The SMILES string of the molecule is Cc1oc(C)c(C(=O)NCc2ccc(S(=O)(=O)N3CCCC3)cc2)c1C. The van der Waals surface area contributed by atoms with Crippen molar-refractivity contribution in [3.63, 3.8) is 0 Å². The summed E-state index contributed by atoms with van der Waals surface area (Å²) in [5.74, 6) is 1.15. The lowest BCUT2D eigenvalue weighted by Gasteiger charge is -2.15. The topological polar surface area (TPSA) is 79.6 Å². The summed E-state index contributed by atoms with van der Waals surface area (Å²) in [6.07, 6.45) is 1.82. The smallest absolute Gasteiger partial charge is 0.255 e. The number of amides is 1. The minimum Gasteiger partial charge on any atom is -0.466 e. The minimum atomic E-state index is -3.40. The molecule has 1 aromatic carbocycles. The summed E-state index contributed by atoms with van der Waals surface area (Å²) in [7, 11) is -3.40. The maximum Gasteiger partial charge on any atom is 0.255 e. The van der Waals surface area contributed by atoms with E-state index in [9.17, 15) is 13.2 Å². The number of nitrogens with one attached hydrogen (secondary N) is 1. The van der Waals surface area contributed by atoms with Crippen LogP contribution in [0.3, 0.4) is 0 Å². The lowest BCUT2D eigenvalue weighted by atomic mass is 10.1. The molecule has 0 unspecified atom stereocenters. The summed E-state index contributed by atoms with van der Waals surface area (Å²) < 4.78 is 32.1. The van der Waals surface area contributed by atoms with Crippen LogP contribution in [0.5, 0.6) is 0 Å². The summed E-state index contributed by atoms with van der Waals surface area (Å²) >= 11 is 0. The van der Waals surface area contributed by atoms with Crippen molar-refractivity contribution in [2.75, 3.05) is 13.1 Å². The Morgan fingerprint density at radius 3 is 2.23 bits per heavy atom. The highest BCUT2D eigenvalue weighted by molar-refractivity contribution is 7.89. The Bertz CT molecular complexity index is 908. The maximum atomic E-state index is 12.5. The minimum absolute atomic E-state index is 0.189. The van der Waals surface area contributed by atoms with Crippen LogP contribution in [0.2, 0.25) is 0 Å². The summed E-state index contributed by atoms with van der Waals surface area (Å²) in [5.41, 5.74) is 2.25. The van der Waals surface area contributed by atoms with Crippen molar-refractivity contribution in [1.82, 2.24) is 9.62 Å². The molecular formula is C19H24N2O4S. The van der Waals surface area contributed by atoms with Gasteiger partial charge in [0.2, 0.25) is 10.0 Å². The van der Waals surface area contributed by atoms with Gasteiger partial charge in [0.05, 0.1) is 10.5 Å². The molecule has 1 amide bonds. The van der Waals surface area contributed by atoms with Gasteiger partial charge in [-0.25, -0.2) is 8.42 Å². The Kier molecular flexibility index (Phi) is 5.20. The molecule has 0 spiro atoms. The Hall–Kier alpha value is -2.12. The Morgan fingerprint density at radius 1 is 1.08 bits per heavy atom. The molecule has 6 nitrogen and oxygen atoms in total. The molecule has 1 fully saturated rings. The summed E-state index contributed by atoms with van der Waals surface area (Å²) in [4.78, 5) is 12.7. The van der Waals surface area contributed by atoms with Crippen molar-refractivity contribution >= 4 is 15.9 Å². The third-order valence-corrected chi connectivity index (χ3v) is 6.78. The summed E-state index contributed by atoms with van der Waals surface area (Å²) in [6.45, 7) is 6.96. The van der Waals surface area contributed by atoms with E-state index in [-0.39, 0.29) is 5.91 Å². The first-order valence-electron chi connectivity index (χ1n) is 8.74. The van der Waals surface area contributed by atoms with Gasteiger partial charge < -0.3 is 9.73 Å². The average molecular weight is 376 g/mol. The first-order chi connectivity index (χ1) is 12.3. The van der Waals surface area contributed by atoms with Crippen molar-refractivity contribution in [2.24, 2.45) is 0 Å². The number of hydrogen-bond acceptors (Lipinski definition) is 4. The number of benzene rings is 1. The van der Waals surface area contributed by atoms with E-state index in [0.29, 0.717) is 35.9 Å². The monoisotopic (exact) mass is 376 g/mol. The predicted octanol–water partition coefficient (Wildman–Crippen LogP) is 2.92. The average Bonchev–Trinajstić information content (AvgIpc) is 3.23. The van der Waals surface area contributed by atoms with Crippen LogP contribution in [0.15, 0.2) is 33.6 Å². The molecule has 140 valence electrons. The van der Waals surface area contributed by atoms with Crippen molar-refractivity contribution in [3.05, 3.63) is 52.5 Å². The first-order valence-corrected chi connectivity index (χ1v) is 10.2. The van der Waals surface area contributed by atoms with E-state index in [0.717, 1.165) is 29.7 Å². The number of carbonyl (C=O) groups is 1. The highest BCUT2D eigenvalue weighted by Crippen LogP contribution is 2.22. The van der Waals surface area contributed by atoms with Crippen LogP contribution in [0.4, 0.5) is 0 Å². The van der Waals surface area contributed by atoms with E-state index < -0.39 is 10.0 Å². The fourth-order valence-corrected chi connectivity index (χ4v) is 4.77. The van der Waals surface area contributed by atoms with Crippen LogP contribution in [0.1, 0.15) is 45.8 Å². The van der Waals surface area contributed by atoms with Gasteiger partial charge in [-0.3, -0.25) is 4.79 Å². The largest absolute Gasteiger partial charge is 0.466 e. The second-order valence-electron chi connectivity index (χ2n) is 6.65. The molecule has 26 heavy (non-hydrogen) atoms. The van der Waals surface area contributed by atoms with Gasteiger partial charge in [-0.15, -0.1) is 0 Å². The van der Waals surface area contributed by atoms with Gasteiger partial charge in [0, 0.05) is 25.2 Å². The molecule has 7 heteroatoms. The zero-order valence-corrected chi connectivity index (χ0v) is 16.1. The fraction of sp³-hybridized carbons (Fsp3) is 0.421. The molecule has 2 aromatic rings. The molecule has 1 N–H and O–H groups in total. The van der Waals surface area contributed by atoms with Gasteiger partial charge in [0.25, 0.3) is 5.91 Å². The van der Waals surface area contributed by atoms with Gasteiger partial charge >= 0.3 is 0 Å². The third-order valence-electron chi connectivity index (χ3n) is 4.87. The zero-order chi connectivity index (χ0) is 18.9. The molecule has 0 aliphatic carbocycles. The molecule has 1 saturated heterocycles. The molecule has 0 atom stereocenters. The van der Waals surface area contributed by atoms with Crippen molar-refractivity contribution in [1.29, 1.82) is 0 Å². The molecule has 3 rings (SSSR count). The molecule has 1 aromatic heterocycles. The number of nitrogens with zero attached hydrogens (tertiary/aromatic N) is 1. The highest BCUT2D eigenvalue weighted by atomic mass is 32.2. The van der Waals surface area contributed by atoms with E-state index in [1.165, 1.54) is 4.31 Å². The second-order valence-corrected chi connectivity index (χ2v) is 8.59. The van der Waals surface area contributed by atoms with Crippen molar-refractivity contribution in [3.8, 4) is 0 Å². The molecule has 0 radical (unpaired) electrons. The van der Waals surface area contributed by atoms with Crippen LogP contribution in [-0.2, 0) is 16.6 Å². The van der Waals surface area contributed by atoms with Crippen LogP contribution in [-0.4, -0.2) is 31.7 Å². The second kappa shape index (κ2) is 7.25. The standard InChI is InChI=1S/C19H24N2O4S/c1-13-14(2)25-15(3)18(13)19(22)20-12-16-6-8-17(9-7-16)26(23,24)21-10-4-5-11-21/h6-9H,4-5,10-12H2,1-3H3,(H,20,22). The van der Waals surface area contributed by atoms with E-state index in [4.69, 9.17) is 4.42 Å². The van der Waals surface area contributed by atoms with Crippen molar-refractivity contribution in [2.45, 2.75) is 45.1 Å². The fourth-order valence-electron chi connectivity index (χ4n) is 3.26. The van der Waals surface area contributed by atoms with Gasteiger partial charge in [0.15, 0.2) is 0 Å². The zero-order valence-electron chi connectivity index (χ0n) is 15.3. The van der Waals surface area contributed by atoms with Gasteiger partial charge in [-0.05, 0) is 51.3 Å². The summed E-state index contributed by atoms with van der Waals surface area (Å²) in [6, 6.07) is 6.69. The first kappa shape index (κ1) is 18.7. The molecule has 2 heterocycles. The third kappa shape index (κ3) is 3.54. The predicted molar refractivity (Wildman–Crippen MR) is 98.5 cm³/mol. The Morgan fingerprint density at radius 2 is 1.69 bits per heavy atom. The van der Waals surface area contributed by atoms with Crippen LogP contribution in [0, 0.1) is 20.8 Å². The number of hydrogen-bond donors (Lipinski definition) is 1. The van der Waals surface area contributed by atoms with E-state index in [1.54, 1.807) is 31.2 Å². The molecule has 0 saturated carbocycles. The quantitative estimate of drug-likeness (QED) is 0.870. The lowest BCUT2D eigenvalue weighted by molar-refractivity contribution is 0.0949. The molecule has 1 aliphatic rings. The summed E-state index contributed by atoms with van der Waals surface area (Å²) in [5, 5.41) is 2.86. The molecule has 0 bridgehead atoms. The number of furan rings is 1. The number of aryl methyl sites for hydroxylation is 2. The van der Waals surface area contributed by atoms with E-state index in [1.807, 2.05) is 13.8 Å².